The van der Waals surface area contributed by atoms with Gasteiger partial charge >= 0.3 is 11.9 Å². The maximum atomic E-state index is 12.7. The van der Waals surface area contributed by atoms with Crippen molar-refractivity contribution in [2.45, 2.75) is 47.5 Å². The molecule has 0 aromatic carbocycles. The Morgan fingerprint density at radius 3 is 2.35 bits per heavy atom. The van der Waals surface area contributed by atoms with Gasteiger partial charge < -0.3 is 9.47 Å². The minimum absolute atomic E-state index is 0.0403. The molecule has 0 spiro atoms. The van der Waals surface area contributed by atoms with Crippen LogP contribution in [0, 0.1) is 5.41 Å². The molecule has 7 nitrogen and oxygen atoms in total. The van der Waals surface area contributed by atoms with Crippen LogP contribution in [-0.4, -0.2) is 42.6 Å². The molecule has 7 heteroatoms. The first-order chi connectivity index (χ1) is 12.2. The molecule has 0 aliphatic carbocycles. The summed E-state index contributed by atoms with van der Waals surface area (Å²) in [5.74, 6) is -1.42. The van der Waals surface area contributed by atoms with E-state index >= 15 is 0 Å². The lowest BCUT2D eigenvalue weighted by Gasteiger charge is -2.27. The summed E-state index contributed by atoms with van der Waals surface area (Å²) >= 11 is 0. The molecule has 0 radical (unpaired) electrons. The summed E-state index contributed by atoms with van der Waals surface area (Å²) in [6.07, 6.45) is 1.76. The molecule has 0 unspecified atom stereocenters. The summed E-state index contributed by atoms with van der Waals surface area (Å²) in [6.45, 7) is 10.3. The Kier molecular flexibility index (Phi) is 8.22. The second kappa shape index (κ2) is 9.89. The summed E-state index contributed by atoms with van der Waals surface area (Å²) in [5.41, 5.74) is 0.155. The molecule has 144 valence electrons. The van der Waals surface area contributed by atoms with Gasteiger partial charge in [0.1, 0.15) is 17.8 Å². The number of pyridine rings is 1. The third-order valence-corrected chi connectivity index (χ3v) is 3.53. The summed E-state index contributed by atoms with van der Waals surface area (Å²) in [7, 11) is 0. The van der Waals surface area contributed by atoms with Crippen LogP contribution >= 0.6 is 0 Å². The van der Waals surface area contributed by atoms with Gasteiger partial charge in [-0.3, -0.25) is 14.5 Å². The van der Waals surface area contributed by atoms with Crippen LogP contribution in [0.4, 0.5) is 5.82 Å². The van der Waals surface area contributed by atoms with Gasteiger partial charge in [0.25, 0.3) is 0 Å². The van der Waals surface area contributed by atoms with Gasteiger partial charge in [-0.05, 0) is 37.8 Å². The fourth-order valence-electron chi connectivity index (χ4n) is 2.21. The third-order valence-electron chi connectivity index (χ3n) is 3.53. The number of hydrogen-bond acceptors (Lipinski definition) is 6. The number of esters is 2. The van der Waals surface area contributed by atoms with E-state index < -0.39 is 24.3 Å². The number of amides is 1. The molecule has 1 heterocycles. The van der Waals surface area contributed by atoms with Crippen molar-refractivity contribution in [3.63, 3.8) is 0 Å². The van der Waals surface area contributed by atoms with E-state index in [1.54, 1.807) is 26.0 Å². The minimum Gasteiger partial charge on any atom is -0.466 e. The van der Waals surface area contributed by atoms with Gasteiger partial charge in [0.05, 0.1) is 13.2 Å². The van der Waals surface area contributed by atoms with Gasteiger partial charge in [-0.1, -0.05) is 20.8 Å². The lowest BCUT2D eigenvalue weighted by molar-refractivity contribution is -0.145. The largest absolute Gasteiger partial charge is 0.466 e. The molecule has 1 aromatic heterocycles. The van der Waals surface area contributed by atoms with Crippen LogP contribution < -0.4 is 4.90 Å². The zero-order valence-electron chi connectivity index (χ0n) is 16.2. The number of hydrogen-bond donors (Lipinski definition) is 0. The van der Waals surface area contributed by atoms with Crippen molar-refractivity contribution in [2.24, 2.45) is 5.41 Å². The SMILES string of the molecule is CCOC(=O)CC(=O)N(CCC(C)(C)C)c1ncccc1C(=O)OCC. The van der Waals surface area contributed by atoms with Crippen LogP contribution in [0.5, 0.6) is 0 Å². The number of carbonyl (C=O) groups excluding carboxylic acids is 3. The average Bonchev–Trinajstić information content (AvgIpc) is 2.54. The second-order valence-corrected chi connectivity index (χ2v) is 6.93. The van der Waals surface area contributed by atoms with E-state index in [2.05, 4.69) is 4.98 Å². The Balaban J connectivity index is 3.17. The summed E-state index contributed by atoms with van der Waals surface area (Å²) in [6, 6.07) is 3.16. The summed E-state index contributed by atoms with van der Waals surface area (Å²) in [4.78, 5) is 42.2. The van der Waals surface area contributed by atoms with Crippen molar-refractivity contribution < 1.29 is 23.9 Å². The highest BCUT2D eigenvalue weighted by molar-refractivity contribution is 6.06. The zero-order valence-corrected chi connectivity index (χ0v) is 16.2. The highest BCUT2D eigenvalue weighted by atomic mass is 16.5. The number of anilines is 1. The Hall–Kier alpha value is -2.44. The topological polar surface area (TPSA) is 85.8 Å². The molecule has 1 amide bonds. The molecule has 0 saturated carbocycles. The third kappa shape index (κ3) is 6.82. The van der Waals surface area contributed by atoms with E-state index in [1.807, 2.05) is 20.8 Å². The van der Waals surface area contributed by atoms with Gasteiger partial charge in [0, 0.05) is 12.7 Å². The van der Waals surface area contributed by atoms with Crippen LogP contribution in [0.2, 0.25) is 0 Å². The van der Waals surface area contributed by atoms with Crippen LogP contribution in [-0.2, 0) is 19.1 Å². The Bertz CT molecular complexity index is 637. The van der Waals surface area contributed by atoms with E-state index in [-0.39, 0.29) is 30.0 Å². The number of nitrogens with zero attached hydrogens (tertiary/aromatic N) is 2. The van der Waals surface area contributed by atoms with Crippen molar-refractivity contribution in [2.75, 3.05) is 24.7 Å². The van der Waals surface area contributed by atoms with Gasteiger partial charge in [-0.2, -0.15) is 0 Å². The Morgan fingerprint density at radius 1 is 1.12 bits per heavy atom. The number of ether oxygens (including phenoxy) is 2. The van der Waals surface area contributed by atoms with Gasteiger partial charge in [0.2, 0.25) is 5.91 Å². The van der Waals surface area contributed by atoms with Gasteiger partial charge in [0.15, 0.2) is 0 Å². The fraction of sp³-hybridized carbons (Fsp3) is 0.579. The first kappa shape index (κ1) is 21.6. The molecule has 0 atom stereocenters. The van der Waals surface area contributed by atoms with Crippen molar-refractivity contribution in [3.05, 3.63) is 23.9 Å². The quantitative estimate of drug-likeness (QED) is 0.521. The van der Waals surface area contributed by atoms with Crippen molar-refractivity contribution in [3.8, 4) is 0 Å². The van der Waals surface area contributed by atoms with Crippen molar-refractivity contribution in [1.82, 2.24) is 4.98 Å². The smallest absolute Gasteiger partial charge is 0.341 e. The van der Waals surface area contributed by atoms with Crippen LogP contribution in [0.25, 0.3) is 0 Å². The predicted octanol–water partition coefficient (Wildman–Crippen LogP) is 2.98. The number of aromatic nitrogens is 1. The maximum Gasteiger partial charge on any atom is 0.341 e. The number of rotatable bonds is 8. The van der Waals surface area contributed by atoms with Gasteiger partial charge in [-0.25, -0.2) is 9.78 Å². The van der Waals surface area contributed by atoms with Crippen LogP contribution in [0.15, 0.2) is 18.3 Å². The molecule has 0 N–H and O–H groups in total. The van der Waals surface area contributed by atoms with E-state index in [9.17, 15) is 14.4 Å². The predicted molar refractivity (Wildman–Crippen MR) is 97.9 cm³/mol. The van der Waals surface area contributed by atoms with E-state index in [0.717, 1.165) is 0 Å². The molecule has 0 bridgehead atoms. The molecule has 0 aliphatic rings. The summed E-state index contributed by atoms with van der Waals surface area (Å²) in [5, 5.41) is 0. The van der Waals surface area contributed by atoms with Crippen LogP contribution in [0.3, 0.4) is 0 Å². The van der Waals surface area contributed by atoms with Gasteiger partial charge in [-0.15, -0.1) is 0 Å². The Labute approximate surface area is 154 Å². The highest BCUT2D eigenvalue weighted by Crippen LogP contribution is 2.24. The molecular weight excluding hydrogens is 336 g/mol. The Morgan fingerprint density at radius 2 is 1.77 bits per heavy atom. The molecule has 0 fully saturated rings. The molecule has 1 rings (SSSR count). The monoisotopic (exact) mass is 364 g/mol. The van der Waals surface area contributed by atoms with Crippen molar-refractivity contribution >= 4 is 23.7 Å². The van der Waals surface area contributed by atoms with E-state index in [1.165, 1.54) is 11.1 Å². The lowest BCUT2D eigenvalue weighted by atomic mass is 9.92. The molecule has 0 saturated heterocycles. The normalized spacial score (nSPS) is 11.0. The average molecular weight is 364 g/mol. The molecule has 26 heavy (non-hydrogen) atoms. The minimum atomic E-state index is -0.605. The zero-order chi connectivity index (χ0) is 19.7. The molecule has 1 aromatic rings. The van der Waals surface area contributed by atoms with E-state index in [4.69, 9.17) is 9.47 Å². The first-order valence-corrected chi connectivity index (χ1v) is 8.77. The second-order valence-electron chi connectivity index (χ2n) is 6.93. The van der Waals surface area contributed by atoms with Crippen LogP contribution in [0.1, 0.15) is 57.8 Å². The number of carbonyl (C=O) groups is 3. The fourth-order valence-corrected chi connectivity index (χ4v) is 2.21. The van der Waals surface area contributed by atoms with Crippen molar-refractivity contribution in [1.29, 1.82) is 0 Å². The first-order valence-electron chi connectivity index (χ1n) is 8.77. The highest BCUT2D eigenvalue weighted by Gasteiger charge is 2.27. The maximum absolute atomic E-state index is 12.7. The molecule has 0 aliphatic heterocycles. The summed E-state index contributed by atoms with van der Waals surface area (Å²) < 4.78 is 9.92. The van der Waals surface area contributed by atoms with E-state index in [0.29, 0.717) is 13.0 Å². The lowest BCUT2D eigenvalue weighted by Crippen LogP contribution is -2.37. The molecular formula is C19H28N2O5. The standard InChI is InChI=1S/C19H28N2O5/c1-6-25-16(23)13-15(22)21(12-10-19(3,4)5)17-14(9-8-11-20-17)18(24)26-7-2/h8-9,11H,6-7,10,12-13H2,1-5H3.